The quantitative estimate of drug-likeness (QED) is 0.760. The Morgan fingerprint density at radius 2 is 2.00 bits per heavy atom. The molecule has 3 aromatic rings. The average Bonchev–Trinajstić information content (AvgIpc) is 3.41. The molecule has 2 fully saturated rings. The first-order chi connectivity index (χ1) is 13.2. The van der Waals surface area contributed by atoms with Gasteiger partial charge in [0.1, 0.15) is 11.8 Å². The predicted octanol–water partition coefficient (Wildman–Crippen LogP) is 4.03. The summed E-state index contributed by atoms with van der Waals surface area (Å²) in [7, 11) is 1.94. The predicted molar refractivity (Wildman–Crippen MR) is 104 cm³/mol. The Morgan fingerprint density at radius 1 is 1.15 bits per heavy atom. The van der Waals surface area contributed by atoms with Crippen molar-refractivity contribution >= 4 is 11.0 Å². The third kappa shape index (κ3) is 3.16. The first-order valence-corrected chi connectivity index (χ1v) is 10.0. The van der Waals surface area contributed by atoms with Crippen LogP contribution in [0.15, 0.2) is 30.9 Å². The lowest BCUT2D eigenvalue weighted by molar-refractivity contribution is 0.170. The number of alkyl halides is 1. The summed E-state index contributed by atoms with van der Waals surface area (Å²) in [6.07, 6.45) is 12.7. The molecule has 0 amide bonds. The van der Waals surface area contributed by atoms with Crippen LogP contribution in [0.25, 0.3) is 22.2 Å². The second-order valence-electron chi connectivity index (χ2n) is 8.16. The van der Waals surface area contributed by atoms with E-state index >= 15 is 0 Å². The van der Waals surface area contributed by atoms with Crippen LogP contribution in [-0.2, 0) is 7.05 Å². The third-order valence-electron chi connectivity index (χ3n) is 6.41. The number of aromatic nitrogens is 4. The van der Waals surface area contributed by atoms with Gasteiger partial charge in [-0.2, -0.15) is 5.10 Å². The van der Waals surface area contributed by atoms with Gasteiger partial charge in [0.15, 0.2) is 0 Å². The number of H-pyrrole nitrogens is 1. The lowest BCUT2D eigenvalue weighted by atomic mass is 9.81. The van der Waals surface area contributed by atoms with Gasteiger partial charge in [-0.05, 0) is 49.7 Å². The molecule has 1 aliphatic carbocycles. The van der Waals surface area contributed by atoms with Crippen molar-refractivity contribution in [2.75, 3.05) is 13.1 Å². The number of aryl methyl sites for hydroxylation is 1. The summed E-state index contributed by atoms with van der Waals surface area (Å²) in [5, 5.41) is 5.46. The summed E-state index contributed by atoms with van der Waals surface area (Å²) < 4.78 is 15.3. The normalized spacial score (nSPS) is 26.8. The molecule has 1 N–H and O–H groups in total. The summed E-state index contributed by atoms with van der Waals surface area (Å²) in [4.78, 5) is 10.3. The van der Waals surface area contributed by atoms with Crippen LogP contribution in [0.5, 0.6) is 0 Å². The summed E-state index contributed by atoms with van der Waals surface area (Å²) in [5.74, 6) is 0.554. The highest BCUT2D eigenvalue weighted by Gasteiger charge is 2.31. The molecule has 5 rings (SSSR count). The molecule has 1 atom stereocenters. The van der Waals surface area contributed by atoms with E-state index in [-0.39, 0.29) is 0 Å². The van der Waals surface area contributed by atoms with Crippen molar-refractivity contribution in [1.29, 1.82) is 0 Å². The van der Waals surface area contributed by atoms with E-state index in [2.05, 4.69) is 26.0 Å². The van der Waals surface area contributed by atoms with Gasteiger partial charge in [0, 0.05) is 61.3 Å². The van der Waals surface area contributed by atoms with Crippen LogP contribution in [-0.4, -0.2) is 50.0 Å². The van der Waals surface area contributed by atoms with Crippen LogP contribution < -0.4 is 0 Å². The van der Waals surface area contributed by atoms with Crippen molar-refractivity contribution in [3.63, 3.8) is 0 Å². The average molecular weight is 367 g/mol. The maximum atomic E-state index is 13.5. The molecule has 0 bridgehead atoms. The lowest BCUT2D eigenvalue weighted by Gasteiger charge is -2.34. The summed E-state index contributed by atoms with van der Waals surface area (Å²) in [6.45, 7) is 1.57. The van der Waals surface area contributed by atoms with Crippen molar-refractivity contribution in [2.24, 2.45) is 7.05 Å². The monoisotopic (exact) mass is 367 g/mol. The Hall–Kier alpha value is -2.21. The van der Waals surface area contributed by atoms with E-state index in [1.54, 1.807) is 0 Å². The van der Waals surface area contributed by atoms with Gasteiger partial charge in [-0.25, -0.2) is 9.37 Å². The molecular formula is C21H26FN5. The molecule has 5 nitrogen and oxygen atoms in total. The standard InChI is InChI=1S/C21H26FN5/c1-26-12-16(10-25-26)20-11-24-21-19(20)8-15(9-23-21)14-2-4-18(5-3-14)27-7-6-17(22)13-27/h8-12,14,17-18H,2-7,13H2,1H3,(H,23,24). The molecule has 0 aromatic carbocycles. The zero-order valence-electron chi connectivity index (χ0n) is 15.7. The van der Waals surface area contributed by atoms with Crippen molar-refractivity contribution in [2.45, 2.75) is 50.2 Å². The van der Waals surface area contributed by atoms with E-state index in [9.17, 15) is 4.39 Å². The fourth-order valence-corrected chi connectivity index (χ4v) is 4.89. The molecular weight excluding hydrogens is 341 g/mol. The van der Waals surface area contributed by atoms with Crippen molar-refractivity contribution in [1.82, 2.24) is 24.6 Å². The molecule has 1 aliphatic heterocycles. The van der Waals surface area contributed by atoms with Gasteiger partial charge >= 0.3 is 0 Å². The number of nitrogens with zero attached hydrogens (tertiary/aromatic N) is 4. The van der Waals surface area contributed by atoms with Gasteiger partial charge in [-0.1, -0.05) is 0 Å². The molecule has 1 saturated heterocycles. The minimum Gasteiger partial charge on any atom is -0.346 e. The van der Waals surface area contributed by atoms with Crippen molar-refractivity contribution in [3.05, 3.63) is 36.4 Å². The van der Waals surface area contributed by atoms with E-state index in [4.69, 9.17) is 0 Å². The first-order valence-electron chi connectivity index (χ1n) is 10.0. The molecule has 0 spiro atoms. The minimum absolute atomic E-state index is 0.554. The topological polar surface area (TPSA) is 49.7 Å². The minimum atomic E-state index is -0.617. The van der Waals surface area contributed by atoms with Gasteiger partial charge in [0.25, 0.3) is 0 Å². The number of fused-ring (bicyclic) bond motifs is 1. The smallest absolute Gasteiger partial charge is 0.137 e. The number of rotatable bonds is 3. The van der Waals surface area contributed by atoms with Gasteiger partial charge < -0.3 is 4.98 Å². The van der Waals surface area contributed by atoms with E-state index < -0.39 is 6.17 Å². The van der Waals surface area contributed by atoms with Crippen LogP contribution in [0.3, 0.4) is 0 Å². The van der Waals surface area contributed by atoms with Crippen LogP contribution in [0.2, 0.25) is 0 Å². The number of hydrogen-bond donors (Lipinski definition) is 1. The number of nitrogens with one attached hydrogen (secondary N) is 1. The fourth-order valence-electron chi connectivity index (χ4n) is 4.89. The molecule has 142 valence electrons. The lowest BCUT2D eigenvalue weighted by Crippen LogP contribution is -2.36. The van der Waals surface area contributed by atoms with E-state index in [1.807, 2.05) is 36.5 Å². The van der Waals surface area contributed by atoms with Gasteiger partial charge in [-0.15, -0.1) is 0 Å². The number of hydrogen-bond acceptors (Lipinski definition) is 3. The van der Waals surface area contributed by atoms with Gasteiger partial charge in [0.05, 0.1) is 6.20 Å². The summed E-state index contributed by atoms with van der Waals surface area (Å²) >= 11 is 0. The highest BCUT2D eigenvalue weighted by Crippen LogP contribution is 2.37. The Kier molecular flexibility index (Phi) is 4.23. The Balaban J connectivity index is 1.35. The zero-order valence-corrected chi connectivity index (χ0v) is 15.7. The Morgan fingerprint density at radius 3 is 2.70 bits per heavy atom. The maximum absolute atomic E-state index is 13.5. The summed E-state index contributed by atoms with van der Waals surface area (Å²) in [6, 6.07) is 2.87. The van der Waals surface area contributed by atoms with Crippen LogP contribution in [0.4, 0.5) is 4.39 Å². The van der Waals surface area contributed by atoms with Crippen LogP contribution in [0.1, 0.15) is 43.6 Å². The maximum Gasteiger partial charge on any atom is 0.137 e. The van der Waals surface area contributed by atoms with Crippen LogP contribution in [0, 0.1) is 0 Å². The molecule has 4 heterocycles. The Bertz CT molecular complexity index is 937. The van der Waals surface area contributed by atoms with Crippen molar-refractivity contribution in [3.8, 4) is 11.1 Å². The highest BCUT2D eigenvalue weighted by molar-refractivity contribution is 5.93. The number of likely N-dealkylation sites (tertiary alicyclic amines) is 1. The SMILES string of the molecule is Cn1cc(-c2c[nH]c3ncc(C4CCC(N5CCC(F)C5)CC4)cc23)cn1. The van der Waals surface area contributed by atoms with Crippen LogP contribution >= 0.6 is 0 Å². The molecule has 3 aromatic heterocycles. The van der Waals surface area contributed by atoms with E-state index in [0.717, 1.165) is 49.0 Å². The Labute approximate surface area is 158 Å². The molecule has 0 radical (unpaired) electrons. The van der Waals surface area contributed by atoms with Crippen molar-refractivity contribution < 1.29 is 4.39 Å². The molecule has 2 aliphatic rings. The number of aromatic amines is 1. The molecule has 6 heteroatoms. The third-order valence-corrected chi connectivity index (χ3v) is 6.41. The van der Waals surface area contributed by atoms with Gasteiger partial charge in [-0.3, -0.25) is 9.58 Å². The first kappa shape index (κ1) is 16.9. The second kappa shape index (κ2) is 6.75. The molecule has 1 saturated carbocycles. The van der Waals surface area contributed by atoms with E-state index in [0.29, 0.717) is 24.9 Å². The molecule has 1 unspecified atom stereocenters. The zero-order chi connectivity index (χ0) is 18.4. The highest BCUT2D eigenvalue weighted by atomic mass is 19.1. The fraction of sp³-hybridized carbons (Fsp3) is 0.524. The summed E-state index contributed by atoms with van der Waals surface area (Å²) in [5.41, 5.74) is 4.53. The second-order valence-corrected chi connectivity index (χ2v) is 8.16. The number of halogens is 1. The molecule has 27 heavy (non-hydrogen) atoms. The largest absolute Gasteiger partial charge is 0.346 e. The van der Waals surface area contributed by atoms with E-state index in [1.165, 1.54) is 10.9 Å². The van der Waals surface area contributed by atoms with Gasteiger partial charge in [0.2, 0.25) is 0 Å². The number of pyridine rings is 1.